The molecule has 3 aromatic rings. The number of hydrogen-bond donors (Lipinski definition) is 0. The highest BCUT2D eigenvalue weighted by molar-refractivity contribution is 6.13. The predicted molar refractivity (Wildman–Crippen MR) is 92.2 cm³/mol. The van der Waals surface area contributed by atoms with Gasteiger partial charge in [-0.1, -0.05) is 24.3 Å². The van der Waals surface area contributed by atoms with E-state index in [9.17, 15) is 13.2 Å². The van der Waals surface area contributed by atoms with Crippen molar-refractivity contribution in [1.82, 2.24) is 15.2 Å². The van der Waals surface area contributed by atoms with E-state index < -0.39 is 17.3 Å². The van der Waals surface area contributed by atoms with Crippen LogP contribution in [0.4, 0.5) is 13.2 Å². The Balaban J connectivity index is 1.95. The number of nitrogens with zero attached hydrogens (tertiary/aromatic N) is 4. The minimum absolute atomic E-state index is 0.197. The molecule has 0 atom stereocenters. The molecule has 1 aliphatic heterocycles. The van der Waals surface area contributed by atoms with Gasteiger partial charge in [0, 0.05) is 5.56 Å². The molecule has 2 aromatic carbocycles. The highest BCUT2D eigenvalue weighted by Crippen LogP contribution is 2.38. The first-order valence-electron chi connectivity index (χ1n) is 8.14. The van der Waals surface area contributed by atoms with Crippen LogP contribution in [0.15, 0.2) is 47.5 Å². The van der Waals surface area contributed by atoms with E-state index in [1.807, 2.05) is 12.1 Å². The van der Waals surface area contributed by atoms with Gasteiger partial charge in [0.15, 0.2) is 0 Å². The predicted octanol–water partition coefficient (Wildman–Crippen LogP) is 4.22. The normalized spacial score (nSPS) is 16.3. The molecule has 0 N–H and O–H groups in total. The summed E-state index contributed by atoms with van der Waals surface area (Å²) >= 11 is 0. The Bertz CT molecular complexity index is 1040. The lowest BCUT2D eigenvalue weighted by Crippen LogP contribution is -2.32. The standard InChI is InChI=1S/C19H15F3N4/c1-18(2)10-12-11(6-5-7-13(12)19(20,21)22)16(24-18)17-23-14-8-3-4-9-15(14)25-26-17/h3-9H,10H2,1-2H3. The Morgan fingerprint density at radius 1 is 0.923 bits per heavy atom. The molecule has 1 aromatic heterocycles. The lowest BCUT2D eigenvalue weighted by Gasteiger charge is -2.30. The second-order valence-corrected chi connectivity index (χ2v) is 6.90. The summed E-state index contributed by atoms with van der Waals surface area (Å²) in [7, 11) is 0. The van der Waals surface area contributed by atoms with Crippen LogP contribution in [0.2, 0.25) is 0 Å². The Hall–Kier alpha value is -2.83. The molecule has 2 heterocycles. The van der Waals surface area contributed by atoms with Crippen LogP contribution in [0.3, 0.4) is 0 Å². The molecule has 0 fully saturated rings. The van der Waals surface area contributed by atoms with Gasteiger partial charge in [-0.25, -0.2) is 4.98 Å². The maximum atomic E-state index is 13.5. The Kier molecular flexibility index (Phi) is 3.57. The summed E-state index contributed by atoms with van der Waals surface area (Å²) in [6.45, 7) is 3.61. The van der Waals surface area contributed by atoms with Crippen molar-refractivity contribution in [2.75, 3.05) is 0 Å². The minimum atomic E-state index is -4.42. The van der Waals surface area contributed by atoms with E-state index in [1.165, 1.54) is 6.07 Å². The van der Waals surface area contributed by atoms with E-state index in [0.29, 0.717) is 22.3 Å². The summed E-state index contributed by atoms with van der Waals surface area (Å²) < 4.78 is 40.4. The van der Waals surface area contributed by atoms with E-state index in [4.69, 9.17) is 0 Å². The first kappa shape index (κ1) is 16.6. The maximum absolute atomic E-state index is 13.5. The van der Waals surface area contributed by atoms with Gasteiger partial charge in [-0.15, -0.1) is 10.2 Å². The van der Waals surface area contributed by atoms with Crippen LogP contribution in [0, 0.1) is 0 Å². The van der Waals surface area contributed by atoms with Crippen LogP contribution in [0.1, 0.15) is 36.4 Å². The third-order valence-electron chi connectivity index (χ3n) is 4.33. The quantitative estimate of drug-likeness (QED) is 0.656. The summed E-state index contributed by atoms with van der Waals surface area (Å²) in [5.74, 6) is 0.233. The molecular formula is C19H15F3N4. The van der Waals surface area contributed by atoms with E-state index in [2.05, 4.69) is 20.2 Å². The average Bonchev–Trinajstić information content (AvgIpc) is 2.58. The Labute approximate surface area is 147 Å². The van der Waals surface area contributed by atoms with E-state index in [1.54, 1.807) is 32.0 Å². The van der Waals surface area contributed by atoms with Gasteiger partial charge < -0.3 is 0 Å². The van der Waals surface area contributed by atoms with E-state index >= 15 is 0 Å². The van der Waals surface area contributed by atoms with E-state index in [-0.39, 0.29) is 17.8 Å². The molecule has 0 saturated heterocycles. The monoisotopic (exact) mass is 356 g/mol. The van der Waals surface area contributed by atoms with Crippen LogP contribution < -0.4 is 0 Å². The number of benzene rings is 2. The summed E-state index contributed by atoms with van der Waals surface area (Å²) in [5.41, 5.74) is 0.903. The minimum Gasteiger partial charge on any atom is -0.274 e. The summed E-state index contributed by atoms with van der Waals surface area (Å²) in [6.07, 6.45) is -4.23. The fourth-order valence-corrected chi connectivity index (χ4v) is 3.25. The number of aliphatic imine (C=N–C) groups is 1. The van der Waals surface area contributed by atoms with E-state index in [0.717, 1.165) is 6.07 Å². The van der Waals surface area contributed by atoms with Gasteiger partial charge in [0.1, 0.15) is 11.2 Å². The molecule has 4 rings (SSSR count). The molecule has 4 nitrogen and oxygen atoms in total. The highest BCUT2D eigenvalue weighted by atomic mass is 19.4. The molecule has 0 unspecified atom stereocenters. The smallest absolute Gasteiger partial charge is 0.274 e. The number of para-hydroxylation sites is 1. The largest absolute Gasteiger partial charge is 0.416 e. The summed E-state index contributed by atoms with van der Waals surface area (Å²) in [4.78, 5) is 9.11. The molecule has 0 radical (unpaired) electrons. The molecule has 7 heteroatoms. The number of aromatic nitrogens is 3. The fraction of sp³-hybridized carbons (Fsp3) is 0.263. The topological polar surface area (TPSA) is 51.0 Å². The molecule has 0 aliphatic carbocycles. The second-order valence-electron chi connectivity index (χ2n) is 6.90. The zero-order valence-corrected chi connectivity index (χ0v) is 14.2. The van der Waals surface area contributed by atoms with Crippen molar-refractivity contribution in [3.05, 3.63) is 65.0 Å². The molecule has 0 bridgehead atoms. The maximum Gasteiger partial charge on any atom is 0.416 e. The van der Waals surface area contributed by atoms with Gasteiger partial charge in [-0.3, -0.25) is 4.99 Å². The fourth-order valence-electron chi connectivity index (χ4n) is 3.25. The zero-order valence-electron chi connectivity index (χ0n) is 14.2. The summed E-state index contributed by atoms with van der Waals surface area (Å²) in [5, 5.41) is 8.25. The molecular weight excluding hydrogens is 341 g/mol. The number of hydrogen-bond acceptors (Lipinski definition) is 4. The number of fused-ring (bicyclic) bond motifs is 2. The van der Waals surface area contributed by atoms with Crippen LogP contribution in [0.25, 0.3) is 11.0 Å². The van der Waals surface area contributed by atoms with Gasteiger partial charge in [0.05, 0.1) is 16.6 Å². The number of alkyl halides is 3. The highest BCUT2D eigenvalue weighted by Gasteiger charge is 2.39. The van der Waals surface area contributed by atoms with Crippen molar-refractivity contribution in [2.24, 2.45) is 4.99 Å². The first-order valence-corrected chi connectivity index (χ1v) is 8.14. The second kappa shape index (κ2) is 5.59. The van der Waals surface area contributed by atoms with Crippen LogP contribution in [-0.4, -0.2) is 26.4 Å². The first-order chi connectivity index (χ1) is 12.2. The van der Waals surface area contributed by atoms with Crippen LogP contribution >= 0.6 is 0 Å². The Morgan fingerprint density at radius 2 is 1.65 bits per heavy atom. The molecule has 0 spiro atoms. The lowest BCUT2D eigenvalue weighted by molar-refractivity contribution is -0.138. The lowest BCUT2D eigenvalue weighted by atomic mass is 9.83. The third kappa shape index (κ3) is 2.83. The Morgan fingerprint density at radius 3 is 2.38 bits per heavy atom. The van der Waals surface area contributed by atoms with Crippen molar-refractivity contribution < 1.29 is 13.2 Å². The molecule has 26 heavy (non-hydrogen) atoms. The SMILES string of the molecule is CC1(C)Cc2c(cccc2C(F)(F)F)C(c2nnc3ccccc3n2)=N1. The number of rotatable bonds is 1. The van der Waals surface area contributed by atoms with Gasteiger partial charge in [-0.2, -0.15) is 13.2 Å². The number of halogens is 3. The summed E-state index contributed by atoms with van der Waals surface area (Å²) in [6, 6.07) is 11.3. The van der Waals surface area contributed by atoms with Gasteiger partial charge in [0.25, 0.3) is 0 Å². The van der Waals surface area contributed by atoms with Crippen molar-refractivity contribution >= 4 is 16.7 Å². The van der Waals surface area contributed by atoms with Crippen molar-refractivity contribution in [3.8, 4) is 0 Å². The zero-order chi connectivity index (χ0) is 18.5. The molecule has 132 valence electrons. The van der Waals surface area contributed by atoms with Gasteiger partial charge in [0.2, 0.25) is 5.82 Å². The molecule has 0 amide bonds. The van der Waals surface area contributed by atoms with Gasteiger partial charge in [-0.05, 0) is 44.0 Å². The average molecular weight is 356 g/mol. The van der Waals surface area contributed by atoms with Crippen molar-refractivity contribution in [2.45, 2.75) is 32.0 Å². The van der Waals surface area contributed by atoms with Gasteiger partial charge >= 0.3 is 6.18 Å². The molecule has 0 saturated carbocycles. The van der Waals surface area contributed by atoms with Crippen molar-refractivity contribution in [1.29, 1.82) is 0 Å². The third-order valence-corrected chi connectivity index (χ3v) is 4.33. The molecule has 1 aliphatic rings. The van der Waals surface area contributed by atoms with Crippen LogP contribution in [0.5, 0.6) is 0 Å². The van der Waals surface area contributed by atoms with Crippen LogP contribution in [-0.2, 0) is 12.6 Å². The van der Waals surface area contributed by atoms with Crippen molar-refractivity contribution in [3.63, 3.8) is 0 Å².